The Hall–Kier alpha value is -1.34. The first-order valence-corrected chi connectivity index (χ1v) is 7.65. The molecule has 0 atom stereocenters. The molecule has 2 N–H and O–H groups in total. The molecule has 23 heavy (non-hydrogen) atoms. The molecule has 1 aliphatic rings. The van der Waals surface area contributed by atoms with E-state index >= 15 is 0 Å². The van der Waals surface area contributed by atoms with E-state index in [1.165, 1.54) is 12.1 Å². The van der Waals surface area contributed by atoms with Gasteiger partial charge in [-0.1, -0.05) is 23.7 Å². The maximum atomic E-state index is 11.0. The third-order valence-electron chi connectivity index (χ3n) is 4.31. The van der Waals surface area contributed by atoms with E-state index in [0.29, 0.717) is 11.0 Å². The van der Waals surface area contributed by atoms with E-state index in [1.807, 2.05) is 27.7 Å². The first-order chi connectivity index (χ1) is 10.6. The normalized spacial score (nSPS) is 19.9. The molecule has 0 aliphatic carbocycles. The third-order valence-corrected chi connectivity index (χ3v) is 4.63. The molecule has 0 aromatic heterocycles. The first-order valence-electron chi connectivity index (χ1n) is 7.27. The molecule has 0 saturated carbocycles. The zero-order valence-electron chi connectivity index (χ0n) is 13.6. The summed E-state index contributed by atoms with van der Waals surface area (Å²) in [6.07, 6.45) is 1.69. The van der Waals surface area contributed by atoms with Crippen molar-refractivity contribution in [1.82, 2.24) is 0 Å². The van der Waals surface area contributed by atoms with Crippen molar-refractivity contribution in [1.29, 1.82) is 0 Å². The van der Waals surface area contributed by atoms with E-state index in [0.717, 1.165) is 0 Å². The summed E-state index contributed by atoms with van der Waals surface area (Å²) in [6.45, 7) is 7.48. The van der Waals surface area contributed by atoms with Crippen molar-refractivity contribution in [3.05, 3.63) is 39.8 Å². The number of carboxylic acids is 1. The fourth-order valence-corrected chi connectivity index (χ4v) is 2.46. The summed E-state index contributed by atoms with van der Waals surface area (Å²) in [4.78, 5) is 11.0. The lowest BCUT2D eigenvalue weighted by atomic mass is 9.77. The van der Waals surface area contributed by atoms with Gasteiger partial charge in [-0.3, -0.25) is 0 Å². The molecule has 0 spiro atoms. The number of hydrogen-bond donors (Lipinski definition) is 2. The van der Waals surface area contributed by atoms with Gasteiger partial charge in [-0.05, 0) is 50.9 Å². The van der Waals surface area contributed by atoms with Crippen LogP contribution in [0, 0.1) is 0 Å². The average Bonchev–Trinajstić information content (AvgIpc) is 2.64. The van der Waals surface area contributed by atoms with Crippen molar-refractivity contribution in [3.63, 3.8) is 0 Å². The molecule has 1 fully saturated rings. The molecule has 5 nitrogen and oxygen atoms in total. The summed E-state index contributed by atoms with van der Waals surface area (Å²) in [5.74, 6) is -1.08. The molecule has 1 heterocycles. The lowest BCUT2D eigenvalue weighted by Crippen LogP contribution is -2.41. The van der Waals surface area contributed by atoms with Crippen LogP contribution in [0.5, 0.6) is 0 Å². The number of carbonyl (C=O) groups is 1. The van der Waals surface area contributed by atoms with Crippen molar-refractivity contribution in [2.75, 3.05) is 6.61 Å². The largest absolute Gasteiger partial charge is 0.492 e. The molecular weight excluding hydrogens is 318 g/mol. The molecule has 2 rings (SSSR count). The minimum Gasteiger partial charge on any atom is -0.478 e. The molecule has 1 aromatic carbocycles. The predicted octanol–water partition coefficient (Wildman–Crippen LogP) is 3.05. The van der Waals surface area contributed by atoms with Gasteiger partial charge in [0.2, 0.25) is 0 Å². The van der Waals surface area contributed by atoms with E-state index in [4.69, 9.17) is 26.0 Å². The zero-order chi connectivity index (χ0) is 17.4. The van der Waals surface area contributed by atoms with Crippen LogP contribution in [0.1, 0.15) is 43.6 Å². The van der Waals surface area contributed by atoms with Gasteiger partial charge in [-0.15, -0.1) is 0 Å². The van der Waals surface area contributed by atoms with E-state index in [2.05, 4.69) is 0 Å². The lowest BCUT2D eigenvalue weighted by Gasteiger charge is -2.32. The van der Waals surface area contributed by atoms with Gasteiger partial charge in [-0.2, -0.15) is 0 Å². The number of aliphatic hydroxyl groups is 1. The summed E-state index contributed by atoms with van der Waals surface area (Å²) in [7, 11) is -0.664. The minimum atomic E-state index is -1.08. The summed E-state index contributed by atoms with van der Waals surface area (Å²) >= 11 is 5.97. The lowest BCUT2D eigenvalue weighted by molar-refractivity contribution is 0.00578. The number of aliphatic hydroxyl groups excluding tert-OH is 1. The van der Waals surface area contributed by atoms with Crippen LogP contribution in [0.2, 0.25) is 5.02 Å². The Morgan fingerprint density at radius 3 is 2.26 bits per heavy atom. The molecule has 0 bridgehead atoms. The second-order valence-electron chi connectivity index (χ2n) is 6.51. The SMILES string of the molecule is CC1(C)OB(C(=Cc2ccc(C(=O)O)c(Cl)c2)CO)OC1(C)C. The Kier molecular flexibility index (Phi) is 4.92. The van der Waals surface area contributed by atoms with E-state index in [-0.39, 0.29) is 17.2 Å². The molecule has 0 radical (unpaired) electrons. The molecule has 1 aromatic rings. The molecule has 0 amide bonds. The van der Waals surface area contributed by atoms with E-state index in [1.54, 1.807) is 12.1 Å². The molecule has 0 unspecified atom stereocenters. The molecule has 7 heteroatoms. The van der Waals surface area contributed by atoms with E-state index < -0.39 is 24.3 Å². The van der Waals surface area contributed by atoms with Crippen LogP contribution < -0.4 is 0 Å². The standard InChI is InChI=1S/C16H20BClO5/c1-15(2)16(3,4)23-17(22-15)11(9-19)7-10-5-6-12(14(20)21)13(18)8-10/h5-8,19H,9H2,1-4H3,(H,20,21). The Bertz CT molecular complexity index is 638. The highest BCUT2D eigenvalue weighted by molar-refractivity contribution is 6.55. The fraction of sp³-hybridized carbons (Fsp3) is 0.438. The number of aromatic carboxylic acids is 1. The number of benzene rings is 1. The highest BCUT2D eigenvalue weighted by atomic mass is 35.5. The first kappa shape index (κ1) is 18.0. The van der Waals surface area contributed by atoms with Gasteiger partial charge in [0.15, 0.2) is 0 Å². The maximum Gasteiger partial charge on any atom is 0.492 e. The summed E-state index contributed by atoms with van der Waals surface area (Å²) in [5, 5.41) is 18.8. The Labute approximate surface area is 141 Å². The van der Waals surface area contributed by atoms with Crippen LogP contribution in [-0.2, 0) is 9.31 Å². The predicted molar refractivity (Wildman–Crippen MR) is 89.6 cm³/mol. The van der Waals surface area contributed by atoms with Crippen LogP contribution >= 0.6 is 11.6 Å². The third kappa shape index (κ3) is 3.61. The molecular formula is C16H20BClO5. The van der Waals surface area contributed by atoms with E-state index in [9.17, 15) is 9.90 Å². The van der Waals surface area contributed by atoms with Gasteiger partial charge in [0.25, 0.3) is 0 Å². The number of carboxylic acid groups (broad SMARTS) is 1. The van der Waals surface area contributed by atoms with Crippen LogP contribution in [-0.4, -0.2) is 41.1 Å². The number of hydrogen-bond acceptors (Lipinski definition) is 4. The van der Waals surface area contributed by atoms with Crippen LogP contribution in [0.25, 0.3) is 6.08 Å². The fourth-order valence-electron chi connectivity index (χ4n) is 2.19. The van der Waals surface area contributed by atoms with Crippen molar-refractivity contribution in [2.45, 2.75) is 38.9 Å². The van der Waals surface area contributed by atoms with Gasteiger partial charge in [0.1, 0.15) is 0 Å². The highest BCUT2D eigenvalue weighted by Gasteiger charge is 2.52. The Morgan fingerprint density at radius 2 is 1.83 bits per heavy atom. The maximum absolute atomic E-state index is 11.0. The Balaban J connectivity index is 2.30. The van der Waals surface area contributed by atoms with Crippen LogP contribution in [0.4, 0.5) is 0 Å². The minimum absolute atomic E-state index is 0.0324. The van der Waals surface area contributed by atoms with Gasteiger partial charge >= 0.3 is 13.1 Å². The van der Waals surface area contributed by atoms with Crippen LogP contribution in [0.3, 0.4) is 0 Å². The van der Waals surface area contributed by atoms with Gasteiger partial charge < -0.3 is 19.5 Å². The van der Waals surface area contributed by atoms with Gasteiger partial charge in [-0.25, -0.2) is 4.79 Å². The quantitative estimate of drug-likeness (QED) is 0.825. The van der Waals surface area contributed by atoms with Gasteiger partial charge in [0, 0.05) is 0 Å². The Morgan fingerprint density at radius 1 is 1.26 bits per heavy atom. The smallest absolute Gasteiger partial charge is 0.478 e. The van der Waals surface area contributed by atoms with Crippen molar-refractivity contribution < 1.29 is 24.3 Å². The second kappa shape index (κ2) is 6.28. The molecule has 1 aliphatic heterocycles. The summed E-state index contributed by atoms with van der Waals surface area (Å²) in [5.41, 5.74) is 0.236. The number of halogens is 1. The van der Waals surface area contributed by atoms with Crippen molar-refractivity contribution in [3.8, 4) is 0 Å². The average molecular weight is 339 g/mol. The molecule has 1 saturated heterocycles. The highest BCUT2D eigenvalue weighted by Crippen LogP contribution is 2.38. The second-order valence-corrected chi connectivity index (χ2v) is 6.92. The van der Waals surface area contributed by atoms with Crippen molar-refractivity contribution >= 4 is 30.8 Å². The monoisotopic (exact) mass is 338 g/mol. The van der Waals surface area contributed by atoms with Gasteiger partial charge in [0.05, 0.1) is 28.4 Å². The van der Waals surface area contributed by atoms with Crippen LogP contribution in [0.15, 0.2) is 23.7 Å². The zero-order valence-corrected chi connectivity index (χ0v) is 14.3. The molecule has 124 valence electrons. The van der Waals surface area contributed by atoms with Crippen molar-refractivity contribution in [2.24, 2.45) is 0 Å². The summed E-state index contributed by atoms with van der Waals surface area (Å²) < 4.78 is 11.8. The topological polar surface area (TPSA) is 76.0 Å². The number of rotatable bonds is 4. The summed E-state index contributed by atoms with van der Waals surface area (Å²) in [6, 6.07) is 4.58.